The number of hydrogen-bond acceptors (Lipinski definition) is 1. The van der Waals surface area contributed by atoms with Gasteiger partial charge in [0.2, 0.25) is 0 Å². The molecule has 0 bridgehead atoms. The largest absolute Gasteiger partial charge is 0.330 e. The van der Waals surface area contributed by atoms with Crippen LogP contribution in [0.5, 0.6) is 0 Å². The first-order valence-corrected chi connectivity index (χ1v) is 6.19. The van der Waals surface area contributed by atoms with Gasteiger partial charge in [-0.2, -0.15) is 0 Å². The monoisotopic (exact) mass is 231 g/mol. The number of unbranched alkanes of at least 4 members (excludes halogenated alkanes) is 2. The van der Waals surface area contributed by atoms with E-state index >= 15 is 0 Å². The fourth-order valence-electron chi connectivity index (χ4n) is 2.18. The Morgan fingerprint density at radius 2 is 1.65 bits per heavy atom. The van der Waals surface area contributed by atoms with Gasteiger partial charge in [-0.1, -0.05) is 36.8 Å². The van der Waals surface area contributed by atoms with Gasteiger partial charge in [0.25, 0.3) is 0 Å². The van der Waals surface area contributed by atoms with Gasteiger partial charge in [-0.15, -0.1) is 0 Å². The molecular formula is C15H18FN. The van der Waals surface area contributed by atoms with Crippen molar-refractivity contribution in [2.75, 3.05) is 6.54 Å². The van der Waals surface area contributed by atoms with Crippen LogP contribution in [0.3, 0.4) is 0 Å². The highest BCUT2D eigenvalue weighted by Gasteiger charge is 2.04. The van der Waals surface area contributed by atoms with E-state index in [-0.39, 0.29) is 5.82 Å². The molecule has 0 amide bonds. The highest BCUT2D eigenvalue weighted by molar-refractivity contribution is 5.86. The Bertz CT molecular complexity index is 493. The third kappa shape index (κ3) is 2.83. The molecule has 0 aromatic heterocycles. The van der Waals surface area contributed by atoms with E-state index in [1.807, 2.05) is 30.3 Å². The van der Waals surface area contributed by atoms with Gasteiger partial charge in [-0.3, -0.25) is 0 Å². The Labute approximate surface area is 101 Å². The van der Waals surface area contributed by atoms with Crippen LogP contribution in [-0.2, 0) is 6.42 Å². The van der Waals surface area contributed by atoms with Crippen LogP contribution >= 0.6 is 0 Å². The zero-order valence-corrected chi connectivity index (χ0v) is 9.95. The molecule has 0 aliphatic carbocycles. The number of hydrogen-bond donors (Lipinski definition) is 1. The summed E-state index contributed by atoms with van der Waals surface area (Å²) < 4.78 is 13.6. The molecule has 0 fully saturated rings. The lowest BCUT2D eigenvalue weighted by Crippen LogP contribution is -1.98. The SMILES string of the molecule is NCCCCCc1ccc(F)c2ccccc12. The number of fused-ring (bicyclic) bond motifs is 1. The van der Waals surface area contributed by atoms with Crippen LogP contribution in [-0.4, -0.2) is 6.54 Å². The molecule has 2 rings (SSSR count). The summed E-state index contributed by atoms with van der Waals surface area (Å²) in [5.41, 5.74) is 6.70. The van der Waals surface area contributed by atoms with Crippen molar-refractivity contribution in [1.82, 2.24) is 0 Å². The van der Waals surface area contributed by atoms with Crippen LogP contribution in [0.25, 0.3) is 10.8 Å². The van der Waals surface area contributed by atoms with Crippen molar-refractivity contribution in [3.05, 3.63) is 47.8 Å². The van der Waals surface area contributed by atoms with Crippen LogP contribution in [0, 0.1) is 5.82 Å². The molecule has 0 unspecified atom stereocenters. The maximum Gasteiger partial charge on any atom is 0.131 e. The van der Waals surface area contributed by atoms with E-state index in [0.717, 1.165) is 43.0 Å². The Morgan fingerprint density at radius 1 is 0.882 bits per heavy atom. The molecule has 0 saturated carbocycles. The van der Waals surface area contributed by atoms with E-state index in [1.54, 1.807) is 6.07 Å². The zero-order chi connectivity index (χ0) is 12.1. The highest BCUT2D eigenvalue weighted by atomic mass is 19.1. The minimum atomic E-state index is -0.133. The number of rotatable bonds is 5. The Hall–Kier alpha value is -1.41. The maximum absolute atomic E-state index is 13.6. The van der Waals surface area contributed by atoms with Gasteiger partial charge >= 0.3 is 0 Å². The predicted octanol–water partition coefficient (Wildman–Crippen LogP) is 3.65. The highest BCUT2D eigenvalue weighted by Crippen LogP contribution is 2.23. The third-order valence-corrected chi connectivity index (χ3v) is 3.11. The van der Waals surface area contributed by atoms with Gasteiger partial charge in [-0.05, 0) is 42.8 Å². The number of benzene rings is 2. The minimum absolute atomic E-state index is 0.133. The second-order valence-corrected chi connectivity index (χ2v) is 4.35. The minimum Gasteiger partial charge on any atom is -0.330 e. The summed E-state index contributed by atoms with van der Waals surface area (Å²) in [4.78, 5) is 0. The summed E-state index contributed by atoms with van der Waals surface area (Å²) in [6, 6.07) is 11.2. The van der Waals surface area contributed by atoms with Gasteiger partial charge in [0.05, 0.1) is 0 Å². The third-order valence-electron chi connectivity index (χ3n) is 3.11. The van der Waals surface area contributed by atoms with Gasteiger partial charge in [0.1, 0.15) is 5.82 Å². The summed E-state index contributed by atoms with van der Waals surface area (Å²) in [6.07, 6.45) is 4.33. The predicted molar refractivity (Wildman–Crippen MR) is 70.5 cm³/mol. The number of aryl methyl sites for hydroxylation is 1. The Kier molecular flexibility index (Phi) is 4.10. The lowest BCUT2D eigenvalue weighted by Gasteiger charge is -2.07. The average molecular weight is 231 g/mol. The van der Waals surface area contributed by atoms with Crippen LogP contribution in [0.15, 0.2) is 36.4 Å². The van der Waals surface area contributed by atoms with Crippen molar-refractivity contribution >= 4 is 10.8 Å². The first kappa shape index (κ1) is 12.1. The van der Waals surface area contributed by atoms with Crippen LogP contribution in [0.2, 0.25) is 0 Å². The van der Waals surface area contributed by atoms with E-state index in [1.165, 1.54) is 5.56 Å². The molecule has 2 aromatic rings. The molecule has 90 valence electrons. The number of nitrogens with two attached hydrogens (primary N) is 1. The molecule has 0 radical (unpaired) electrons. The first-order chi connectivity index (χ1) is 8.33. The first-order valence-electron chi connectivity index (χ1n) is 6.19. The lowest BCUT2D eigenvalue weighted by molar-refractivity contribution is 0.638. The zero-order valence-electron chi connectivity index (χ0n) is 9.95. The Balaban J connectivity index is 2.20. The second-order valence-electron chi connectivity index (χ2n) is 4.35. The molecule has 0 spiro atoms. The van der Waals surface area contributed by atoms with Crippen molar-refractivity contribution in [1.29, 1.82) is 0 Å². The van der Waals surface area contributed by atoms with Gasteiger partial charge < -0.3 is 5.73 Å². The van der Waals surface area contributed by atoms with E-state index in [0.29, 0.717) is 0 Å². The quantitative estimate of drug-likeness (QED) is 0.781. The van der Waals surface area contributed by atoms with Crippen LogP contribution < -0.4 is 5.73 Å². The van der Waals surface area contributed by atoms with Gasteiger partial charge in [0, 0.05) is 5.39 Å². The smallest absolute Gasteiger partial charge is 0.131 e. The molecule has 1 nitrogen and oxygen atoms in total. The summed E-state index contributed by atoms with van der Waals surface area (Å²) in [7, 11) is 0. The standard InChI is InChI=1S/C15H18FN/c16-15-10-9-12(6-2-1-5-11-17)13-7-3-4-8-14(13)15/h3-4,7-10H,1-2,5-6,11,17H2. The second kappa shape index (κ2) is 5.78. The lowest BCUT2D eigenvalue weighted by atomic mass is 9.99. The van der Waals surface area contributed by atoms with Crippen molar-refractivity contribution < 1.29 is 4.39 Å². The molecule has 2 heteroatoms. The molecule has 2 aromatic carbocycles. The summed E-state index contributed by atoms with van der Waals surface area (Å²) in [5, 5.41) is 1.77. The Morgan fingerprint density at radius 3 is 2.41 bits per heavy atom. The maximum atomic E-state index is 13.6. The van der Waals surface area contributed by atoms with Crippen LogP contribution in [0.4, 0.5) is 4.39 Å². The van der Waals surface area contributed by atoms with Crippen molar-refractivity contribution in [3.63, 3.8) is 0 Å². The van der Waals surface area contributed by atoms with E-state index < -0.39 is 0 Å². The van der Waals surface area contributed by atoms with Crippen molar-refractivity contribution in [2.24, 2.45) is 5.73 Å². The molecule has 0 atom stereocenters. The molecule has 2 N–H and O–H groups in total. The summed E-state index contributed by atoms with van der Waals surface area (Å²) in [6.45, 7) is 0.754. The van der Waals surface area contributed by atoms with Crippen molar-refractivity contribution in [3.8, 4) is 0 Å². The summed E-state index contributed by atoms with van der Waals surface area (Å²) in [5.74, 6) is -0.133. The molecule has 0 saturated heterocycles. The fraction of sp³-hybridized carbons (Fsp3) is 0.333. The topological polar surface area (TPSA) is 26.0 Å². The van der Waals surface area contributed by atoms with Gasteiger partial charge in [0.15, 0.2) is 0 Å². The molecule has 0 aliphatic rings. The fourth-order valence-corrected chi connectivity index (χ4v) is 2.18. The van der Waals surface area contributed by atoms with E-state index in [2.05, 4.69) is 0 Å². The molecule has 0 heterocycles. The summed E-state index contributed by atoms with van der Waals surface area (Å²) >= 11 is 0. The van der Waals surface area contributed by atoms with E-state index in [9.17, 15) is 4.39 Å². The molecule has 0 aliphatic heterocycles. The van der Waals surface area contributed by atoms with Crippen molar-refractivity contribution in [2.45, 2.75) is 25.7 Å². The van der Waals surface area contributed by atoms with Gasteiger partial charge in [-0.25, -0.2) is 4.39 Å². The molecular weight excluding hydrogens is 213 g/mol. The number of halogens is 1. The van der Waals surface area contributed by atoms with Crippen LogP contribution in [0.1, 0.15) is 24.8 Å². The normalized spacial score (nSPS) is 10.9. The van der Waals surface area contributed by atoms with E-state index in [4.69, 9.17) is 5.73 Å². The molecule has 17 heavy (non-hydrogen) atoms. The average Bonchev–Trinajstić information content (AvgIpc) is 2.37.